The summed E-state index contributed by atoms with van der Waals surface area (Å²) >= 11 is 1.54. The van der Waals surface area contributed by atoms with Crippen LogP contribution in [0.5, 0.6) is 11.5 Å². The number of hydrogen-bond acceptors (Lipinski definition) is 6. The van der Waals surface area contributed by atoms with Crippen molar-refractivity contribution in [3.63, 3.8) is 0 Å². The molecule has 34 heavy (non-hydrogen) atoms. The minimum Gasteiger partial charge on any atom is -0.457 e. The van der Waals surface area contributed by atoms with Crippen molar-refractivity contribution in [1.82, 2.24) is 25.6 Å². The first-order valence-corrected chi connectivity index (χ1v) is 11.2. The van der Waals surface area contributed by atoms with Gasteiger partial charge >= 0.3 is 0 Å². The molecular weight excluding hydrogens is 457 g/mol. The fraction of sp³-hybridized carbons (Fsp3) is 0.0833. The van der Waals surface area contributed by atoms with Gasteiger partial charge < -0.3 is 9.30 Å². The molecule has 0 aliphatic heterocycles. The van der Waals surface area contributed by atoms with Gasteiger partial charge in [0.25, 0.3) is 11.8 Å². The van der Waals surface area contributed by atoms with Crippen LogP contribution >= 0.6 is 11.8 Å². The number of ether oxygens (including phenoxy) is 1. The number of amides is 2. The highest BCUT2D eigenvalue weighted by Crippen LogP contribution is 2.22. The van der Waals surface area contributed by atoms with Gasteiger partial charge in [0.1, 0.15) is 23.6 Å². The van der Waals surface area contributed by atoms with E-state index in [0.717, 1.165) is 10.7 Å². The lowest BCUT2D eigenvalue weighted by Crippen LogP contribution is -2.41. The minimum absolute atomic E-state index is 0.336. The SMILES string of the molecule is Cn1cnnc1SCc1ccc(C(=O)NNC(=O)c2ccc(Oc3ccc(F)cc3)cc2)cc1. The summed E-state index contributed by atoms with van der Waals surface area (Å²) in [6.07, 6.45) is 1.64. The number of hydrazine groups is 1. The number of thioether (sulfide) groups is 1. The fourth-order valence-electron chi connectivity index (χ4n) is 2.87. The van der Waals surface area contributed by atoms with Gasteiger partial charge in [-0.15, -0.1) is 10.2 Å². The van der Waals surface area contributed by atoms with Crippen LogP contribution in [-0.4, -0.2) is 26.6 Å². The van der Waals surface area contributed by atoms with E-state index in [1.165, 1.54) is 24.3 Å². The van der Waals surface area contributed by atoms with Gasteiger partial charge in [-0.25, -0.2) is 4.39 Å². The lowest BCUT2D eigenvalue weighted by atomic mass is 10.1. The summed E-state index contributed by atoms with van der Waals surface area (Å²) in [4.78, 5) is 24.7. The zero-order valence-corrected chi connectivity index (χ0v) is 18.9. The van der Waals surface area contributed by atoms with Gasteiger partial charge in [-0.2, -0.15) is 0 Å². The molecule has 0 radical (unpaired) electrons. The molecule has 172 valence electrons. The topological polar surface area (TPSA) is 98.1 Å². The molecule has 10 heteroatoms. The Kier molecular flexibility index (Phi) is 7.19. The molecule has 0 bridgehead atoms. The van der Waals surface area contributed by atoms with Crippen molar-refractivity contribution in [3.05, 3.63) is 102 Å². The van der Waals surface area contributed by atoms with Crippen molar-refractivity contribution < 1.29 is 18.7 Å². The van der Waals surface area contributed by atoms with Crippen molar-refractivity contribution in [2.24, 2.45) is 7.05 Å². The summed E-state index contributed by atoms with van der Waals surface area (Å²) in [7, 11) is 1.88. The van der Waals surface area contributed by atoms with Crippen LogP contribution in [-0.2, 0) is 12.8 Å². The van der Waals surface area contributed by atoms with Gasteiger partial charge in [0.15, 0.2) is 5.16 Å². The number of benzene rings is 3. The van der Waals surface area contributed by atoms with E-state index in [-0.39, 0.29) is 5.82 Å². The standard InChI is InChI=1S/C24H20FN5O3S/c1-30-15-26-29-24(30)34-14-16-2-4-17(5-3-16)22(31)27-28-23(32)18-6-10-20(11-7-18)33-21-12-8-19(25)9-13-21/h2-13,15H,14H2,1H3,(H,27,31)(H,28,32). The first-order chi connectivity index (χ1) is 16.5. The molecule has 0 unspecified atom stereocenters. The maximum absolute atomic E-state index is 13.0. The van der Waals surface area contributed by atoms with E-state index in [4.69, 9.17) is 4.74 Å². The highest BCUT2D eigenvalue weighted by atomic mass is 32.2. The summed E-state index contributed by atoms with van der Waals surface area (Å²) in [5.41, 5.74) is 6.57. The average Bonchev–Trinajstić information content (AvgIpc) is 3.27. The minimum atomic E-state index is -0.474. The third-order valence-electron chi connectivity index (χ3n) is 4.71. The van der Waals surface area contributed by atoms with E-state index in [0.29, 0.717) is 28.4 Å². The van der Waals surface area contributed by atoms with Crippen LogP contribution < -0.4 is 15.6 Å². The first kappa shape index (κ1) is 23.0. The van der Waals surface area contributed by atoms with E-state index in [1.54, 1.807) is 54.5 Å². The van der Waals surface area contributed by atoms with Crippen molar-refractivity contribution in [3.8, 4) is 11.5 Å². The molecule has 0 atom stereocenters. The quantitative estimate of drug-likeness (QED) is 0.307. The second kappa shape index (κ2) is 10.6. The lowest BCUT2D eigenvalue weighted by molar-refractivity contribution is 0.0846. The normalized spacial score (nSPS) is 10.5. The Hall–Kier alpha value is -4.18. The van der Waals surface area contributed by atoms with Gasteiger partial charge in [0.05, 0.1) is 0 Å². The van der Waals surface area contributed by atoms with Crippen LogP contribution in [0, 0.1) is 5.82 Å². The summed E-state index contributed by atoms with van der Waals surface area (Å²) in [6, 6.07) is 19.0. The molecule has 2 amide bonds. The second-order valence-corrected chi connectivity index (χ2v) is 8.14. The van der Waals surface area contributed by atoms with E-state index in [1.807, 2.05) is 23.7 Å². The molecule has 1 aromatic heterocycles. The molecule has 8 nitrogen and oxygen atoms in total. The fourth-order valence-corrected chi connectivity index (χ4v) is 3.72. The Morgan fingerprint density at radius 3 is 1.94 bits per heavy atom. The number of nitrogens with zero attached hydrogens (tertiary/aromatic N) is 3. The molecule has 4 aromatic rings. The van der Waals surface area contributed by atoms with Crippen LogP contribution in [0.4, 0.5) is 4.39 Å². The Labute approximate surface area is 199 Å². The third-order valence-corrected chi connectivity index (χ3v) is 5.81. The van der Waals surface area contributed by atoms with Gasteiger partial charge in [-0.1, -0.05) is 23.9 Å². The number of rotatable bonds is 7. The first-order valence-electron chi connectivity index (χ1n) is 10.2. The number of hydrogen-bond donors (Lipinski definition) is 2. The van der Waals surface area contributed by atoms with Gasteiger partial charge in [-0.3, -0.25) is 20.4 Å². The number of nitrogens with one attached hydrogen (secondary N) is 2. The zero-order chi connectivity index (χ0) is 23.9. The Bertz CT molecular complexity index is 1280. The summed E-state index contributed by atoms with van der Waals surface area (Å²) in [5, 5.41) is 8.66. The number of aromatic nitrogens is 3. The Morgan fingerprint density at radius 2 is 1.41 bits per heavy atom. The van der Waals surface area contributed by atoms with Crippen LogP contribution in [0.25, 0.3) is 0 Å². The molecule has 1 heterocycles. The van der Waals surface area contributed by atoms with Gasteiger partial charge in [0, 0.05) is 23.9 Å². The molecular formula is C24H20FN5O3S. The summed E-state index contributed by atoms with van der Waals surface area (Å²) in [6.45, 7) is 0. The molecule has 0 fully saturated rings. The molecule has 4 rings (SSSR count). The molecule has 3 aromatic carbocycles. The second-order valence-electron chi connectivity index (χ2n) is 7.20. The van der Waals surface area contributed by atoms with E-state index in [9.17, 15) is 14.0 Å². The molecule has 0 aliphatic carbocycles. The summed E-state index contributed by atoms with van der Waals surface area (Å²) in [5.74, 6) is 0.394. The van der Waals surface area contributed by atoms with Crippen molar-refractivity contribution >= 4 is 23.6 Å². The Morgan fingerprint density at radius 1 is 0.882 bits per heavy atom. The van der Waals surface area contributed by atoms with E-state index >= 15 is 0 Å². The Balaban J connectivity index is 1.26. The number of aryl methyl sites for hydroxylation is 1. The third kappa shape index (κ3) is 5.99. The average molecular weight is 478 g/mol. The van der Waals surface area contributed by atoms with Crippen LogP contribution in [0.15, 0.2) is 84.3 Å². The van der Waals surface area contributed by atoms with Crippen molar-refractivity contribution in [2.75, 3.05) is 0 Å². The predicted octanol–water partition coefficient (Wildman–Crippen LogP) is 4.11. The van der Waals surface area contributed by atoms with Crippen molar-refractivity contribution in [1.29, 1.82) is 0 Å². The van der Waals surface area contributed by atoms with E-state index in [2.05, 4.69) is 21.0 Å². The number of halogens is 1. The number of carbonyl (C=O) groups excluding carboxylic acids is 2. The smallest absolute Gasteiger partial charge is 0.269 e. The van der Waals surface area contributed by atoms with Gasteiger partial charge in [0.2, 0.25) is 0 Å². The highest BCUT2D eigenvalue weighted by Gasteiger charge is 2.10. The monoisotopic (exact) mass is 477 g/mol. The molecule has 0 saturated carbocycles. The van der Waals surface area contributed by atoms with Crippen LogP contribution in [0.3, 0.4) is 0 Å². The van der Waals surface area contributed by atoms with Crippen LogP contribution in [0.1, 0.15) is 26.3 Å². The largest absolute Gasteiger partial charge is 0.457 e. The van der Waals surface area contributed by atoms with Gasteiger partial charge in [-0.05, 0) is 66.2 Å². The maximum Gasteiger partial charge on any atom is 0.269 e. The molecule has 2 N–H and O–H groups in total. The predicted molar refractivity (Wildman–Crippen MR) is 125 cm³/mol. The summed E-state index contributed by atoms with van der Waals surface area (Å²) < 4.78 is 20.4. The van der Waals surface area contributed by atoms with Crippen molar-refractivity contribution in [2.45, 2.75) is 10.9 Å². The van der Waals surface area contributed by atoms with Crippen LogP contribution in [0.2, 0.25) is 0 Å². The molecule has 0 aliphatic rings. The molecule has 0 saturated heterocycles. The maximum atomic E-state index is 13.0. The molecule has 0 spiro atoms. The number of carbonyl (C=O) groups is 2. The highest BCUT2D eigenvalue weighted by molar-refractivity contribution is 7.98. The van der Waals surface area contributed by atoms with E-state index < -0.39 is 11.8 Å². The lowest BCUT2D eigenvalue weighted by Gasteiger charge is -2.09. The zero-order valence-electron chi connectivity index (χ0n) is 18.1.